The molecule has 12 heavy (non-hydrogen) atoms. The maximum absolute atomic E-state index is 5.51. The van der Waals surface area contributed by atoms with Crippen molar-refractivity contribution in [3.05, 3.63) is 17.5 Å². The first kappa shape index (κ1) is 8.97. The van der Waals surface area contributed by atoms with Crippen LogP contribution in [-0.4, -0.2) is 9.97 Å². The monoisotopic (exact) mass is 165 g/mol. The predicted octanol–water partition coefficient (Wildman–Crippen LogP) is 1.57. The first-order chi connectivity index (χ1) is 5.58. The lowest BCUT2D eigenvalue weighted by Crippen LogP contribution is -2.03. The number of anilines is 1. The van der Waals surface area contributed by atoms with Crippen molar-refractivity contribution >= 4 is 5.95 Å². The van der Waals surface area contributed by atoms with E-state index in [9.17, 15) is 0 Å². The van der Waals surface area contributed by atoms with Crippen molar-refractivity contribution in [1.29, 1.82) is 0 Å². The molecule has 0 saturated carbocycles. The molecule has 0 fully saturated rings. The fourth-order valence-corrected chi connectivity index (χ4v) is 1.18. The lowest BCUT2D eigenvalue weighted by Gasteiger charge is -2.04. The number of nitrogens with two attached hydrogens (primary N) is 1. The van der Waals surface area contributed by atoms with Gasteiger partial charge in [-0.05, 0) is 25.3 Å². The Balaban J connectivity index is 2.85. The highest BCUT2D eigenvalue weighted by Gasteiger charge is 2.01. The maximum Gasteiger partial charge on any atom is 0.220 e. The summed E-state index contributed by atoms with van der Waals surface area (Å²) >= 11 is 0. The van der Waals surface area contributed by atoms with Crippen molar-refractivity contribution in [3.8, 4) is 0 Å². The van der Waals surface area contributed by atoms with E-state index in [1.165, 1.54) is 0 Å². The van der Waals surface area contributed by atoms with E-state index in [1.54, 1.807) is 0 Å². The van der Waals surface area contributed by atoms with Crippen LogP contribution in [0.3, 0.4) is 0 Å². The fraction of sp³-hybridized carbons (Fsp3) is 0.556. The van der Waals surface area contributed by atoms with Crippen LogP contribution in [0.15, 0.2) is 6.07 Å². The van der Waals surface area contributed by atoms with Crippen LogP contribution in [-0.2, 0) is 6.42 Å². The molecular formula is C9H15N3. The van der Waals surface area contributed by atoms with Crippen LogP contribution in [0.25, 0.3) is 0 Å². The summed E-state index contributed by atoms with van der Waals surface area (Å²) in [6, 6.07) is 1.98. The Morgan fingerprint density at radius 3 is 2.58 bits per heavy atom. The van der Waals surface area contributed by atoms with Gasteiger partial charge in [0.1, 0.15) is 0 Å². The Hall–Kier alpha value is -1.12. The highest BCUT2D eigenvalue weighted by Crippen LogP contribution is 2.07. The predicted molar refractivity (Wildman–Crippen MR) is 49.7 cm³/mol. The normalized spacial score (nSPS) is 10.7. The minimum Gasteiger partial charge on any atom is -0.368 e. The lowest BCUT2D eigenvalue weighted by molar-refractivity contribution is 0.634. The van der Waals surface area contributed by atoms with E-state index in [4.69, 9.17) is 5.73 Å². The lowest BCUT2D eigenvalue weighted by atomic mass is 10.1. The van der Waals surface area contributed by atoms with Crippen LogP contribution in [0.1, 0.15) is 25.2 Å². The molecule has 1 aromatic rings. The summed E-state index contributed by atoms with van der Waals surface area (Å²) in [5.74, 6) is 0.990. The van der Waals surface area contributed by atoms with Gasteiger partial charge in [-0.2, -0.15) is 0 Å². The van der Waals surface area contributed by atoms with Crippen molar-refractivity contribution in [2.75, 3.05) is 5.73 Å². The second-order valence-corrected chi connectivity index (χ2v) is 3.46. The zero-order chi connectivity index (χ0) is 9.14. The first-order valence-corrected chi connectivity index (χ1v) is 4.18. The zero-order valence-electron chi connectivity index (χ0n) is 7.83. The van der Waals surface area contributed by atoms with E-state index < -0.39 is 0 Å². The number of aryl methyl sites for hydroxylation is 1. The van der Waals surface area contributed by atoms with Gasteiger partial charge < -0.3 is 5.73 Å². The molecule has 3 nitrogen and oxygen atoms in total. The van der Waals surface area contributed by atoms with Crippen LogP contribution in [0, 0.1) is 12.8 Å². The molecule has 0 atom stereocenters. The van der Waals surface area contributed by atoms with E-state index in [-0.39, 0.29) is 0 Å². The van der Waals surface area contributed by atoms with Gasteiger partial charge in [0.15, 0.2) is 0 Å². The third-order valence-electron chi connectivity index (χ3n) is 1.54. The summed E-state index contributed by atoms with van der Waals surface area (Å²) in [5.41, 5.74) is 7.49. The smallest absolute Gasteiger partial charge is 0.220 e. The fourth-order valence-electron chi connectivity index (χ4n) is 1.18. The summed E-state index contributed by atoms with van der Waals surface area (Å²) in [6.07, 6.45) is 0.966. The van der Waals surface area contributed by atoms with Crippen LogP contribution >= 0.6 is 0 Å². The Bertz CT molecular complexity index is 248. The van der Waals surface area contributed by atoms with Gasteiger partial charge >= 0.3 is 0 Å². The highest BCUT2D eigenvalue weighted by atomic mass is 15.0. The van der Waals surface area contributed by atoms with Gasteiger partial charge in [-0.15, -0.1) is 0 Å². The summed E-state index contributed by atoms with van der Waals surface area (Å²) in [7, 11) is 0. The van der Waals surface area contributed by atoms with Gasteiger partial charge in [-0.3, -0.25) is 0 Å². The molecule has 1 rings (SSSR count). The largest absolute Gasteiger partial charge is 0.368 e. The molecule has 0 saturated heterocycles. The third kappa shape index (κ3) is 2.49. The van der Waals surface area contributed by atoms with Gasteiger partial charge in [0, 0.05) is 11.4 Å². The van der Waals surface area contributed by atoms with Crippen LogP contribution in [0.5, 0.6) is 0 Å². The van der Waals surface area contributed by atoms with E-state index in [0.717, 1.165) is 17.8 Å². The molecule has 0 aliphatic heterocycles. The summed E-state index contributed by atoms with van der Waals surface area (Å²) < 4.78 is 0. The second kappa shape index (κ2) is 3.52. The highest BCUT2D eigenvalue weighted by molar-refractivity contribution is 5.21. The van der Waals surface area contributed by atoms with Crippen molar-refractivity contribution in [3.63, 3.8) is 0 Å². The van der Waals surface area contributed by atoms with Crippen LogP contribution in [0.4, 0.5) is 5.95 Å². The number of aromatic nitrogens is 2. The quantitative estimate of drug-likeness (QED) is 0.723. The molecule has 0 spiro atoms. The first-order valence-electron chi connectivity index (χ1n) is 4.18. The van der Waals surface area contributed by atoms with E-state index in [2.05, 4.69) is 23.8 Å². The Morgan fingerprint density at radius 1 is 1.42 bits per heavy atom. The standard InChI is InChI=1S/C9H15N3/c1-6(2)4-8-5-7(3)11-9(10)12-8/h5-6H,4H2,1-3H3,(H2,10,11,12). The van der Waals surface area contributed by atoms with Gasteiger partial charge in [-0.25, -0.2) is 9.97 Å². The van der Waals surface area contributed by atoms with E-state index in [0.29, 0.717) is 11.9 Å². The molecule has 66 valence electrons. The second-order valence-electron chi connectivity index (χ2n) is 3.46. The number of nitrogens with zero attached hydrogens (tertiary/aromatic N) is 2. The molecule has 2 N–H and O–H groups in total. The number of hydrogen-bond donors (Lipinski definition) is 1. The minimum atomic E-state index is 0.380. The van der Waals surface area contributed by atoms with Gasteiger partial charge in [0.05, 0.1) is 0 Å². The van der Waals surface area contributed by atoms with Crippen molar-refractivity contribution in [2.45, 2.75) is 27.2 Å². The summed E-state index contributed by atoms with van der Waals surface area (Å²) in [4.78, 5) is 8.15. The zero-order valence-corrected chi connectivity index (χ0v) is 7.83. The van der Waals surface area contributed by atoms with Crippen molar-refractivity contribution < 1.29 is 0 Å². The Labute approximate surface area is 73.0 Å². The molecule has 3 heteroatoms. The molecule has 1 aromatic heterocycles. The Kier molecular flexibility index (Phi) is 2.63. The number of rotatable bonds is 2. The third-order valence-corrected chi connectivity index (χ3v) is 1.54. The van der Waals surface area contributed by atoms with Crippen LogP contribution < -0.4 is 5.73 Å². The molecule has 0 aliphatic carbocycles. The van der Waals surface area contributed by atoms with Crippen molar-refractivity contribution in [1.82, 2.24) is 9.97 Å². The van der Waals surface area contributed by atoms with E-state index >= 15 is 0 Å². The van der Waals surface area contributed by atoms with Crippen molar-refractivity contribution in [2.24, 2.45) is 5.92 Å². The molecule has 0 amide bonds. The summed E-state index contributed by atoms with van der Waals surface area (Å²) in [5, 5.41) is 0. The topological polar surface area (TPSA) is 51.8 Å². The van der Waals surface area contributed by atoms with Gasteiger partial charge in [-0.1, -0.05) is 13.8 Å². The average Bonchev–Trinajstić information content (AvgIpc) is 1.81. The summed E-state index contributed by atoms with van der Waals surface area (Å²) in [6.45, 7) is 6.25. The number of nitrogen functional groups attached to an aromatic ring is 1. The molecule has 0 radical (unpaired) electrons. The average molecular weight is 165 g/mol. The minimum absolute atomic E-state index is 0.380. The molecule has 0 bridgehead atoms. The number of hydrogen-bond acceptors (Lipinski definition) is 3. The van der Waals surface area contributed by atoms with Gasteiger partial charge in [0.2, 0.25) is 5.95 Å². The van der Waals surface area contributed by atoms with E-state index in [1.807, 2.05) is 13.0 Å². The van der Waals surface area contributed by atoms with Gasteiger partial charge in [0.25, 0.3) is 0 Å². The maximum atomic E-state index is 5.51. The molecule has 1 heterocycles. The van der Waals surface area contributed by atoms with Crippen LogP contribution in [0.2, 0.25) is 0 Å². The molecule has 0 aromatic carbocycles. The molecule has 0 aliphatic rings. The molecule has 0 unspecified atom stereocenters. The SMILES string of the molecule is Cc1cc(CC(C)C)nc(N)n1. The molecular weight excluding hydrogens is 150 g/mol. The Morgan fingerprint density at radius 2 is 2.08 bits per heavy atom.